The summed E-state index contributed by atoms with van der Waals surface area (Å²) in [6.45, 7) is 10.1. The van der Waals surface area contributed by atoms with Crippen molar-refractivity contribution in [2.45, 2.75) is 64.0 Å². The van der Waals surface area contributed by atoms with Crippen LogP contribution < -0.4 is 16.4 Å². The largest absolute Gasteiger partial charge is 0.445 e. The van der Waals surface area contributed by atoms with Crippen molar-refractivity contribution in [1.29, 1.82) is 0 Å². The normalized spacial score (nSPS) is 13.7. The van der Waals surface area contributed by atoms with E-state index in [1.165, 1.54) is 0 Å². The third kappa shape index (κ3) is 9.07. The van der Waals surface area contributed by atoms with Crippen LogP contribution >= 0.6 is 0 Å². The lowest BCUT2D eigenvalue weighted by atomic mass is 10.2. The highest BCUT2D eigenvalue weighted by atomic mass is 28.4. The molecule has 5 N–H and O–H groups in total. The summed E-state index contributed by atoms with van der Waals surface area (Å²) in [6, 6.07) is 6.74. The van der Waals surface area contributed by atoms with E-state index in [4.69, 9.17) is 14.9 Å². The van der Waals surface area contributed by atoms with E-state index in [-0.39, 0.29) is 24.7 Å². The van der Waals surface area contributed by atoms with Gasteiger partial charge in [0.05, 0.1) is 6.61 Å². The Morgan fingerprint density at radius 2 is 1.71 bits per heavy atom. The first-order valence-electron chi connectivity index (χ1n) is 10.2. The molecule has 3 amide bonds. The summed E-state index contributed by atoms with van der Waals surface area (Å²) in [5, 5.41) is 14.2. The Hall–Kier alpha value is -2.43. The monoisotopic (exact) mass is 453 g/mol. The third-order valence-corrected chi connectivity index (χ3v) is 9.88. The van der Waals surface area contributed by atoms with Crippen molar-refractivity contribution in [3.05, 3.63) is 35.9 Å². The molecule has 0 aliphatic rings. The van der Waals surface area contributed by atoms with Crippen molar-refractivity contribution in [2.75, 3.05) is 13.2 Å². The summed E-state index contributed by atoms with van der Waals surface area (Å²) in [7, 11) is -2.01. The molecule has 0 radical (unpaired) electrons. The summed E-state index contributed by atoms with van der Waals surface area (Å²) in [6.07, 6.45) is -0.681. The topological polar surface area (TPSA) is 140 Å². The molecule has 0 bridgehead atoms. The van der Waals surface area contributed by atoms with E-state index in [0.29, 0.717) is 0 Å². The number of rotatable bonds is 11. The van der Waals surface area contributed by atoms with Gasteiger partial charge in [0, 0.05) is 6.61 Å². The zero-order chi connectivity index (χ0) is 23.7. The number of aliphatic hydroxyl groups excluding tert-OH is 1. The number of ether oxygens (including phenoxy) is 1. The number of hydrogen-bond acceptors (Lipinski definition) is 6. The van der Waals surface area contributed by atoms with Crippen LogP contribution in [-0.2, 0) is 25.4 Å². The number of nitrogens with two attached hydrogens (primary N) is 1. The van der Waals surface area contributed by atoms with Crippen LogP contribution in [0.5, 0.6) is 0 Å². The molecular weight excluding hydrogens is 418 g/mol. The summed E-state index contributed by atoms with van der Waals surface area (Å²) in [5.74, 6) is -1.47. The number of nitrogens with one attached hydrogen (secondary N) is 2. The predicted octanol–water partition coefficient (Wildman–Crippen LogP) is 1.66. The van der Waals surface area contributed by atoms with Crippen LogP contribution in [0.2, 0.25) is 18.1 Å². The number of benzene rings is 1. The molecule has 1 aromatic carbocycles. The van der Waals surface area contributed by atoms with Gasteiger partial charge in [-0.05, 0) is 30.1 Å². The van der Waals surface area contributed by atoms with E-state index >= 15 is 0 Å². The van der Waals surface area contributed by atoms with E-state index < -0.39 is 44.9 Å². The first-order chi connectivity index (χ1) is 14.4. The van der Waals surface area contributed by atoms with Gasteiger partial charge in [-0.3, -0.25) is 9.59 Å². The standard InChI is InChI=1S/C21H35N3O6Si/c1-21(2,3)31(4,5)30-12-11-16(18(22)26)23-19(27)17(13-25)24-20(28)29-14-15-9-7-6-8-10-15/h6-10,16-17,25H,11-14H2,1-5H3,(H2,22,26)(H,23,27)(H,24,28)/t16-,17-/m0/s1. The molecule has 1 aromatic rings. The van der Waals surface area contributed by atoms with Gasteiger partial charge in [-0.2, -0.15) is 0 Å². The fraction of sp³-hybridized carbons (Fsp3) is 0.571. The number of alkyl carbamates (subject to hydrolysis) is 1. The Morgan fingerprint density at radius 1 is 1.10 bits per heavy atom. The van der Waals surface area contributed by atoms with Crippen molar-refractivity contribution in [3.8, 4) is 0 Å². The second-order valence-corrected chi connectivity index (χ2v) is 13.6. The molecule has 0 aliphatic heterocycles. The molecule has 0 saturated heterocycles. The van der Waals surface area contributed by atoms with Crippen LogP contribution in [-0.4, -0.2) is 56.6 Å². The Morgan fingerprint density at radius 3 is 2.23 bits per heavy atom. The fourth-order valence-electron chi connectivity index (χ4n) is 2.31. The molecule has 0 fully saturated rings. The third-order valence-electron chi connectivity index (χ3n) is 5.34. The second-order valence-electron chi connectivity index (χ2n) is 8.80. The van der Waals surface area contributed by atoms with Crippen LogP contribution in [0.3, 0.4) is 0 Å². The zero-order valence-electron chi connectivity index (χ0n) is 18.9. The zero-order valence-corrected chi connectivity index (χ0v) is 19.9. The van der Waals surface area contributed by atoms with Gasteiger partial charge in [0.1, 0.15) is 18.7 Å². The number of hydrogen-bond donors (Lipinski definition) is 4. The highest BCUT2D eigenvalue weighted by Gasteiger charge is 2.37. The summed E-state index contributed by atoms with van der Waals surface area (Å²) < 4.78 is 11.1. The van der Waals surface area contributed by atoms with Crippen molar-refractivity contribution in [3.63, 3.8) is 0 Å². The van der Waals surface area contributed by atoms with Crippen LogP contribution in [0.4, 0.5) is 4.79 Å². The second kappa shape index (κ2) is 11.8. The minimum atomic E-state index is -2.01. The molecule has 1 rings (SSSR count). The highest BCUT2D eigenvalue weighted by molar-refractivity contribution is 6.74. The summed E-state index contributed by atoms with van der Waals surface area (Å²) >= 11 is 0. The fourth-order valence-corrected chi connectivity index (χ4v) is 3.37. The Balaban J connectivity index is 2.57. The van der Waals surface area contributed by atoms with E-state index in [2.05, 4.69) is 44.5 Å². The minimum Gasteiger partial charge on any atom is -0.445 e. The van der Waals surface area contributed by atoms with Crippen LogP contribution in [0.25, 0.3) is 0 Å². The first-order valence-corrected chi connectivity index (χ1v) is 13.1. The molecule has 0 aromatic heterocycles. The van der Waals surface area contributed by atoms with E-state index in [1.54, 1.807) is 24.3 Å². The molecule has 2 atom stereocenters. The minimum absolute atomic E-state index is 0.00445. The number of carbonyl (C=O) groups excluding carboxylic acids is 3. The number of amides is 3. The lowest BCUT2D eigenvalue weighted by molar-refractivity contribution is -0.129. The van der Waals surface area contributed by atoms with Crippen LogP contribution in [0, 0.1) is 0 Å². The molecule has 0 aliphatic carbocycles. The Bertz CT molecular complexity index is 736. The molecular formula is C21H35N3O6Si. The SMILES string of the molecule is CC(C)(C)[Si](C)(C)OCC[C@H](NC(=O)[C@H](CO)NC(=O)OCc1ccccc1)C(N)=O. The van der Waals surface area contributed by atoms with Gasteiger partial charge >= 0.3 is 6.09 Å². The van der Waals surface area contributed by atoms with Crippen molar-refractivity contribution < 1.29 is 28.7 Å². The van der Waals surface area contributed by atoms with Crippen LogP contribution in [0.15, 0.2) is 30.3 Å². The molecule has 0 heterocycles. The molecule has 9 nitrogen and oxygen atoms in total. The van der Waals surface area contributed by atoms with Crippen LogP contribution in [0.1, 0.15) is 32.8 Å². The van der Waals surface area contributed by atoms with E-state index in [9.17, 15) is 19.5 Å². The lowest BCUT2D eigenvalue weighted by Crippen LogP contribution is -2.54. The van der Waals surface area contributed by atoms with E-state index in [1.807, 2.05) is 6.07 Å². The molecule has 0 unspecified atom stereocenters. The number of primary amides is 1. The average molecular weight is 454 g/mol. The van der Waals surface area contributed by atoms with Gasteiger partial charge in [-0.25, -0.2) is 4.79 Å². The van der Waals surface area contributed by atoms with Gasteiger partial charge in [0.15, 0.2) is 8.32 Å². The Kier molecular flexibility index (Phi) is 10.1. The molecule has 0 spiro atoms. The smallest absolute Gasteiger partial charge is 0.408 e. The first kappa shape index (κ1) is 26.6. The van der Waals surface area contributed by atoms with Gasteiger partial charge in [-0.15, -0.1) is 0 Å². The molecule has 174 valence electrons. The van der Waals surface area contributed by atoms with Crippen molar-refractivity contribution >= 4 is 26.2 Å². The average Bonchev–Trinajstić information content (AvgIpc) is 2.69. The van der Waals surface area contributed by atoms with Crippen molar-refractivity contribution in [1.82, 2.24) is 10.6 Å². The summed E-state index contributed by atoms with van der Waals surface area (Å²) in [5.41, 5.74) is 6.18. The predicted molar refractivity (Wildman–Crippen MR) is 120 cm³/mol. The quantitative estimate of drug-likeness (QED) is 0.376. The summed E-state index contributed by atoms with van der Waals surface area (Å²) in [4.78, 5) is 36.2. The van der Waals surface area contributed by atoms with E-state index in [0.717, 1.165) is 5.56 Å². The van der Waals surface area contributed by atoms with Crippen molar-refractivity contribution in [2.24, 2.45) is 5.73 Å². The highest BCUT2D eigenvalue weighted by Crippen LogP contribution is 2.36. The van der Waals surface area contributed by atoms with Gasteiger partial charge in [-0.1, -0.05) is 51.1 Å². The van der Waals surface area contributed by atoms with Gasteiger partial charge in [0.25, 0.3) is 0 Å². The molecule has 0 saturated carbocycles. The maximum absolute atomic E-state index is 12.4. The number of carbonyl (C=O) groups is 3. The molecule has 10 heteroatoms. The molecule has 31 heavy (non-hydrogen) atoms. The Labute approximate surface area is 184 Å². The maximum atomic E-state index is 12.4. The van der Waals surface area contributed by atoms with Gasteiger partial charge in [0.2, 0.25) is 11.8 Å². The van der Waals surface area contributed by atoms with Gasteiger partial charge < -0.3 is 30.6 Å². The lowest BCUT2D eigenvalue weighted by Gasteiger charge is -2.36. The number of aliphatic hydroxyl groups is 1. The maximum Gasteiger partial charge on any atom is 0.408 e.